The summed E-state index contributed by atoms with van der Waals surface area (Å²) in [4.78, 5) is 11.1. The molecule has 13 heavy (non-hydrogen) atoms. The lowest BCUT2D eigenvalue weighted by molar-refractivity contribution is -0.238. The molecule has 0 fully saturated rings. The smallest absolute Gasteiger partial charge is 0.257 e. The Balaban J connectivity index is 4.48. The van der Waals surface area contributed by atoms with Crippen LogP contribution in [0, 0.1) is 0 Å². The lowest BCUT2D eigenvalue weighted by atomic mass is 10.1. The Hall–Kier alpha value is -0.750. The fourth-order valence-electron chi connectivity index (χ4n) is 0.773. The van der Waals surface area contributed by atoms with E-state index in [1.807, 2.05) is 0 Å². The van der Waals surface area contributed by atoms with E-state index in [4.69, 9.17) is 10.2 Å². The van der Waals surface area contributed by atoms with Crippen LogP contribution in [0.2, 0.25) is 0 Å². The number of Topliss-reactive ketones (excluding diaryl/α,β-unsaturated/α-hetero) is 1. The minimum atomic E-state index is -2.59. The van der Waals surface area contributed by atoms with Gasteiger partial charge in [0, 0.05) is 0 Å². The largest absolute Gasteiger partial charge is 0.378 e. The number of carbonyl (C=O) groups is 1. The quantitative estimate of drug-likeness (QED) is 0.320. The average molecular weight is 189 g/mol. The van der Waals surface area contributed by atoms with E-state index in [9.17, 15) is 9.90 Å². The van der Waals surface area contributed by atoms with Crippen molar-refractivity contribution in [1.29, 1.82) is 0 Å². The fourth-order valence-corrected chi connectivity index (χ4v) is 0.773. The number of nitrogens with one attached hydrogen (secondary N) is 1. The molecule has 0 spiro atoms. The maximum atomic E-state index is 11.1. The van der Waals surface area contributed by atoms with Crippen molar-refractivity contribution in [3.8, 4) is 0 Å². The second kappa shape index (κ2) is 4.48. The highest BCUT2D eigenvalue weighted by Crippen LogP contribution is 2.07. The molecular weight excluding hydrogens is 174 g/mol. The number of aliphatic hydroxyl groups excluding tert-OH is 1. The zero-order valence-corrected chi connectivity index (χ0v) is 7.74. The molecule has 0 aromatic rings. The molecule has 0 saturated carbocycles. The Bertz CT molecular complexity index is 212. The van der Waals surface area contributed by atoms with Gasteiger partial charge in [-0.3, -0.25) is 10.1 Å². The van der Waals surface area contributed by atoms with E-state index in [0.29, 0.717) is 0 Å². The second-order valence-corrected chi connectivity index (χ2v) is 2.80. The summed E-state index contributed by atoms with van der Waals surface area (Å²) < 4.78 is 0. The minimum absolute atomic E-state index is 0.0675. The molecule has 1 atom stereocenters. The highest BCUT2D eigenvalue weighted by Gasteiger charge is 2.37. The zero-order chi connectivity index (χ0) is 10.6. The van der Waals surface area contributed by atoms with Crippen molar-refractivity contribution in [3.05, 3.63) is 12.2 Å². The van der Waals surface area contributed by atoms with Crippen LogP contribution in [-0.4, -0.2) is 39.7 Å². The predicted octanol–water partition coefficient (Wildman–Crippen LogP) is -1.26. The summed E-state index contributed by atoms with van der Waals surface area (Å²) in [5.74, 6) is -3.39. The molecule has 5 heteroatoms. The van der Waals surface area contributed by atoms with Gasteiger partial charge in [-0.2, -0.15) is 0 Å². The molecule has 0 aliphatic heterocycles. The lowest BCUT2D eigenvalue weighted by Crippen LogP contribution is -2.57. The molecule has 0 saturated heterocycles. The maximum Gasteiger partial charge on any atom is 0.257 e. The summed E-state index contributed by atoms with van der Waals surface area (Å²) >= 11 is 0. The Morgan fingerprint density at radius 1 is 1.62 bits per heavy atom. The summed E-state index contributed by atoms with van der Waals surface area (Å²) in [6.07, 6.45) is -1.91. The number of rotatable bonds is 5. The van der Waals surface area contributed by atoms with E-state index in [1.165, 1.54) is 6.92 Å². The van der Waals surface area contributed by atoms with Gasteiger partial charge in [0.25, 0.3) is 5.91 Å². The van der Waals surface area contributed by atoms with Crippen LogP contribution in [0.3, 0.4) is 0 Å². The number of hydrogen-bond donors (Lipinski definition) is 4. The van der Waals surface area contributed by atoms with Crippen molar-refractivity contribution >= 4 is 5.78 Å². The molecule has 0 aliphatic rings. The summed E-state index contributed by atoms with van der Waals surface area (Å²) in [6.45, 7) is 6.50. The van der Waals surface area contributed by atoms with Crippen LogP contribution in [0.4, 0.5) is 0 Å². The summed E-state index contributed by atoms with van der Waals surface area (Å²) in [6, 6.07) is 0. The topological polar surface area (TPSA) is 89.8 Å². The lowest BCUT2D eigenvalue weighted by Gasteiger charge is -2.26. The van der Waals surface area contributed by atoms with E-state index >= 15 is 0 Å². The minimum Gasteiger partial charge on any atom is -0.378 e. The fraction of sp³-hybridized carbons (Fsp3) is 0.625. The summed E-state index contributed by atoms with van der Waals surface area (Å²) in [5.41, 5.74) is 0.0675. The van der Waals surface area contributed by atoms with E-state index in [0.717, 1.165) is 0 Å². The third kappa shape index (κ3) is 3.23. The Labute approximate surface area is 76.7 Å². The molecule has 0 bridgehead atoms. The number of ketones is 1. The molecule has 76 valence electrons. The number of aliphatic hydroxyl groups is 3. The van der Waals surface area contributed by atoms with Crippen molar-refractivity contribution in [2.24, 2.45) is 0 Å². The number of likely N-dealkylation sites (N-methyl/N-ethyl adjacent to an activating group) is 1. The molecule has 0 aromatic carbocycles. The molecule has 0 amide bonds. The molecule has 0 aliphatic carbocycles. The molecule has 0 heterocycles. The van der Waals surface area contributed by atoms with E-state index in [1.54, 1.807) is 6.92 Å². The highest BCUT2D eigenvalue weighted by atomic mass is 16.5. The standard InChI is InChI=1S/C8H15NO4/c1-4-9-8(12,13)7(11)6(10)5(2)3/h7,9,11-13H,2,4H2,1,3H3. The second-order valence-electron chi connectivity index (χ2n) is 2.80. The van der Waals surface area contributed by atoms with Crippen LogP contribution in [0.1, 0.15) is 13.8 Å². The first-order valence-electron chi connectivity index (χ1n) is 3.90. The molecule has 0 aromatic heterocycles. The third-order valence-corrected chi connectivity index (χ3v) is 1.49. The van der Waals surface area contributed by atoms with Crippen LogP contribution in [-0.2, 0) is 4.79 Å². The molecular formula is C8H15NO4. The summed E-state index contributed by atoms with van der Waals surface area (Å²) in [5, 5.41) is 29.6. The highest BCUT2D eigenvalue weighted by molar-refractivity contribution is 5.98. The van der Waals surface area contributed by atoms with Crippen LogP contribution in [0.5, 0.6) is 0 Å². The van der Waals surface area contributed by atoms with E-state index in [2.05, 4.69) is 11.9 Å². The SMILES string of the molecule is C=C(C)C(=O)C(O)C(O)(O)NCC. The predicted molar refractivity (Wildman–Crippen MR) is 46.7 cm³/mol. The monoisotopic (exact) mass is 189 g/mol. The van der Waals surface area contributed by atoms with Gasteiger partial charge in [0.05, 0.1) is 0 Å². The van der Waals surface area contributed by atoms with Gasteiger partial charge >= 0.3 is 0 Å². The molecule has 0 rings (SSSR count). The van der Waals surface area contributed by atoms with Gasteiger partial charge in [-0.1, -0.05) is 13.5 Å². The third-order valence-electron chi connectivity index (χ3n) is 1.49. The first kappa shape index (κ1) is 12.2. The zero-order valence-electron chi connectivity index (χ0n) is 7.74. The molecule has 5 nitrogen and oxygen atoms in total. The van der Waals surface area contributed by atoms with Gasteiger partial charge in [-0.05, 0) is 19.0 Å². The number of carbonyl (C=O) groups excluding carboxylic acids is 1. The first-order valence-corrected chi connectivity index (χ1v) is 3.90. The maximum absolute atomic E-state index is 11.1. The van der Waals surface area contributed by atoms with Gasteiger partial charge in [-0.15, -0.1) is 0 Å². The van der Waals surface area contributed by atoms with Gasteiger partial charge in [0.15, 0.2) is 11.9 Å². The van der Waals surface area contributed by atoms with E-state index < -0.39 is 17.8 Å². The average Bonchev–Trinajstić information content (AvgIpc) is 2.01. The van der Waals surface area contributed by atoms with Crippen molar-refractivity contribution in [2.75, 3.05) is 6.54 Å². The van der Waals surface area contributed by atoms with Crippen LogP contribution >= 0.6 is 0 Å². The van der Waals surface area contributed by atoms with Crippen molar-refractivity contribution in [1.82, 2.24) is 5.32 Å². The Kier molecular flexibility index (Phi) is 4.22. The van der Waals surface area contributed by atoms with Crippen molar-refractivity contribution < 1.29 is 20.1 Å². The van der Waals surface area contributed by atoms with Crippen LogP contribution < -0.4 is 5.32 Å². The van der Waals surface area contributed by atoms with Gasteiger partial charge < -0.3 is 15.3 Å². The molecule has 0 radical (unpaired) electrons. The Morgan fingerprint density at radius 2 is 2.08 bits per heavy atom. The number of hydrogen-bond acceptors (Lipinski definition) is 5. The van der Waals surface area contributed by atoms with Gasteiger partial charge in [-0.25, -0.2) is 0 Å². The van der Waals surface area contributed by atoms with Crippen LogP contribution in [0.15, 0.2) is 12.2 Å². The first-order chi connectivity index (χ1) is 5.83. The normalized spacial score (nSPS) is 13.9. The van der Waals surface area contributed by atoms with Crippen molar-refractivity contribution in [3.63, 3.8) is 0 Å². The molecule has 4 N–H and O–H groups in total. The van der Waals surface area contributed by atoms with E-state index in [-0.39, 0.29) is 12.1 Å². The Morgan fingerprint density at radius 3 is 2.38 bits per heavy atom. The van der Waals surface area contributed by atoms with Crippen LogP contribution in [0.25, 0.3) is 0 Å². The summed E-state index contributed by atoms with van der Waals surface area (Å²) in [7, 11) is 0. The molecule has 1 unspecified atom stereocenters. The van der Waals surface area contributed by atoms with Gasteiger partial charge in [0.1, 0.15) is 0 Å². The van der Waals surface area contributed by atoms with Gasteiger partial charge in [0.2, 0.25) is 0 Å². The van der Waals surface area contributed by atoms with Crippen molar-refractivity contribution in [2.45, 2.75) is 25.9 Å².